The van der Waals surface area contributed by atoms with Gasteiger partial charge < -0.3 is 19.9 Å². The minimum atomic E-state index is -0.593. The minimum Gasteiger partial charge on any atom is -0.489 e. The Morgan fingerprint density at radius 1 is 0.927 bits per heavy atom. The van der Waals surface area contributed by atoms with Crippen LogP contribution in [0, 0.1) is 23.3 Å². The summed E-state index contributed by atoms with van der Waals surface area (Å²) >= 11 is 6.26. The minimum absolute atomic E-state index is 0.104. The molecule has 3 fully saturated rings. The lowest BCUT2D eigenvalue weighted by Crippen LogP contribution is -2.74. The number of halogens is 1. The van der Waals surface area contributed by atoms with E-state index in [2.05, 4.69) is 59.0 Å². The molecule has 286 valence electrons. The Bertz CT molecular complexity index is 2100. The molecule has 4 amide bonds. The molecule has 2 N–H and O–H groups in total. The maximum Gasteiger partial charge on any atom is 0.255 e. The molecule has 1 atom stereocenters. The van der Waals surface area contributed by atoms with Crippen LogP contribution in [0.5, 0.6) is 5.75 Å². The average molecular weight is 763 g/mol. The third-order valence-corrected chi connectivity index (χ3v) is 13.0. The Hall–Kier alpha value is -4.92. The van der Waals surface area contributed by atoms with Gasteiger partial charge >= 0.3 is 0 Å². The van der Waals surface area contributed by atoms with Crippen molar-refractivity contribution in [2.75, 3.05) is 24.5 Å². The molecule has 0 radical (unpaired) electrons. The van der Waals surface area contributed by atoms with E-state index in [1.54, 1.807) is 23.1 Å². The molecule has 3 aromatic rings. The van der Waals surface area contributed by atoms with Crippen molar-refractivity contribution in [1.29, 1.82) is 0 Å². The molecule has 11 nitrogen and oxygen atoms in total. The Kier molecular flexibility index (Phi) is 9.41. The van der Waals surface area contributed by atoms with E-state index in [1.165, 1.54) is 11.1 Å². The number of benzene rings is 3. The normalized spacial score (nSPS) is 24.4. The predicted molar refractivity (Wildman–Crippen MR) is 209 cm³/mol. The zero-order valence-corrected chi connectivity index (χ0v) is 32.5. The van der Waals surface area contributed by atoms with Gasteiger partial charge in [-0.1, -0.05) is 51.4 Å². The molecular formula is C43H47ClN6O5. The number of nitrogens with one attached hydrogen (secondary N) is 2. The van der Waals surface area contributed by atoms with Gasteiger partial charge in [0.05, 0.1) is 11.6 Å². The maximum absolute atomic E-state index is 13.5. The van der Waals surface area contributed by atoms with Crippen molar-refractivity contribution in [3.63, 3.8) is 0 Å². The van der Waals surface area contributed by atoms with Gasteiger partial charge in [0.15, 0.2) is 0 Å². The van der Waals surface area contributed by atoms with Crippen molar-refractivity contribution in [3.8, 4) is 5.75 Å². The number of hydrogen-bond acceptors (Lipinski definition) is 7. The molecule has 2 saturated heterocycles. The quantitative estimate of drug-likeness (QED) is 0.199. The summed E-state index contributed by atoms with van der Waals surface area (Å²) in [7, 11) is 0. The molecular weight excluding hydrogens is 716 g/mol. The van der Waals surface area contributed by atoms with Crippen molar-refractivity contribution >= 4 is 46.6 Å². The molecule has 0 bridgehead atoms. The highest BCUT2D eigenvalue weighted by molar-refractivity contribution is 6.33. The summed E-state index contributed by atoms with van der Waals surface area (Å²) in [6.07, 6.45) is 2.61. The van der Waals surface area contributed by atoms with Crippen LogP contribution >= 0.6 is 11.6 Å². The Morgan fingerprint density at radius 2 is 1.62 bits per heavy atom. The zero-order chi connectivity index (χ0) is 38.8. The summed E-state index contributed by atoms with van der Waals surface area (Å²) in [4.78, 5) is 60.8. The van der Waals surface area contributed by atoms with Gasteiger partial charge in [-0.15, -0.1) is 0 Å². The first-order valence-electron chi connectivity index (χ1n) is 19.2. The fourth-order valence-corrected chi connectivity index (χ4v) is 10.3. The number of anilines is 1. The standard InChI is InChI=1S/C43H47ClN6O5/c1-42(2)40(43(3,4)41(42)55-31-10-11-34(45-5)33(44)20-31)47-37(52)26-6-8-30(9-7-26)49-16-14-25(15-17-49)21-48-22-27-18-29-24-50(35-12-13-36(51)46-38(35)53)39(54)32(29)19-28(27)23-48/h6-11,18-20,25,35,40-41H,12-17,21-24H2,1-4H3,(H,47,52)(H,46,51,53)/t35-,40?,41?/m0/s1. The van der Waals surface area contributed by atoms with Crippen LogP contribution < -0.4 is 20.3 Å². The number of rotatable bonds is 8. The van der Waals surface area contributed by atoms with Crippen molar-refractivity contribution < 1.29 is 23.9 Å². The number of carbonyl (C=O) groups excluding carboxylic acids is 4. The van der Waals surface area contributed by atoms with Crippen LogP contribution in [0.2, 0.25) is 5.02 Å². The Labute approximate surface area is 327 Å². The maximum atomic E-state index is 13.5. The topological polar surface area (TPSA) is 116 Å². The molecule has 5 aliphatic rings. The number of amides is 4. The molecule has 1 saturated carbocycles. The molecule has 3 aromatic carbocycles. The highest BCUT2D eigenvalue weighted by Crippen LogP contribution is 2.55. The summed E-state index contributed by atoms with van der Waals surface area (Å²) in [5.74, 6) is 0.303. The monoisotopic (exact) mass is 762 g/mol. The van der Waals surface area contributed by atoms with E-state index in [9.17, 15) is 19.2 Å². The lowest BCUT2D eigenvalue weighted by atomic mass is 9.49. The van der Waals surface area contributed by atoms with E-state index in [-0.39, 0.29) is 53.0 Å². The third-order valence-electron chi connectivity index (χ3n) is 12.7. The van der Waals surface area contributed by atoms with Crippen molar-refractivity contribution in [1.82, 2.24) is 20.4 Å². The van der Waals surface area contributed by atoms with Crippen LogP contribution in [0.15, 0.2) is 54.6 Å². The van der Waals surface area contributed by atoms with Crippen molar-refractivity contribution in [2.24, 2.45) is 16.7 Å². The van der Waals surface area contributed by atoms with Gasteiger partial charge in [-0.3, -0.25) is 29.4 Å². The lowest BCUT2D eigenvalue weighted by molar-refractivity contribution is -0.164. The van der Waals surface area contributed by atoms with E-state index < -0.39 is 6.04 Å². The van der Waals surface area contributed by atoms with E-state index in [0.717, 1.165) is 56.8 Å². The number of hydrogen-bond donors (Lipinski definition) is 2. The van der Waals surface area contributed by atoms with Gasteiger partial charge in [-0.25, -0.2) is 4.85 Å². The molecule has 0 aromatic heterocycles. The Balaban J connectivity index is 0.812. The third kappa shape index (κ3) is 6.74. The van der Waals surface area contributed by atoms with Crippen LogP contribution in [-0.2, 0) is 29.2 Å². The van der Waals surface area contributed by atoms with Gasteiger partial charge in [-0.2, -0.15) is 0 Å². The highest BCUT2D eigenvalue weighted by atomic mass is 35.5. The summed E-state index contributed by atoms with van der Waals surface area (Å²) in [5, 5.41) is 6.03. The smallest absolute Gasteiger partial charge is 0.255 e. The number of nitrogens with zero attached hydrogens (tertiary/aromatic N) is 4. The fourth-order valence-electron chi connectivity index (χ4n) is 10.0. The molecule has 4 heterocycles. The molecule has 55 heavy (non-hydrogen) atoms. The van der Waals surface area contributed by atoms with E-state index in [4.69, 9.17) is 22.9 Å². The predicted octanol–water partition coefficient (Wildman–Crippen LogP) is 6.50. The van der Waals surface area contributed by atoms with Gasteiger partial charge in [0, 0.05) is 79.4 Å². The second-order valence-corrected chi connectivity index (χ2v) is 17.5. The second-order valence-electron chi connectivity index (χ2n) is 17.1. The van der Waals surface area contributed by atoms with Crippen LogP contribution in [0.3, 0.4) is 0 Å². The first kappa shape index (κ1) is 37.0. The van der Waals surface area contributed by atoms with Crippen molar-refractivity contribution in [3.05, 3.63) is 98.9 Å². The average Bonchev–Trinajstić information content (AvgIpc) is 3.70. The van der Waals surface area contributed by atoms with Gasteiger partial charge in [0.25, 0.3) is 11.8 Å². The van der Waals surface area contributed by atoms with Crippen molar-refractivity contribution in [2.45, 2.75) is 91.2 Å². The van der Waals surface area contributed by atoms with E-state index in [1.807, 2.05) is 30.3 Å². The Morgan fingerprint density at radius 3 is 2.27 bits per heavy atom. The summed E-state index contributed by atoms with van der Waals surface area (Å²) < 4.78 is 6.39. The number of fused-ring (bicyclic) bond motifs is 2. The zero-order valence-electron chi connectivity index (χ0n) is 31.8. The molecule has 0 unspecified atom stereocenters. The second kappa shape index (κ2) is 14.0. The largest absolute Gasteiger partial charge is 0.489 e. The van der Waals surface area contributed by atoms with E-state index in [0.29, 0.717) is 46.5 Å². The first-order chi connectivity index (χ1) is 26.2. The molecule has 4 aliphatic heterocycles. The lowest BCUT2D eigenvalue weighted by Gasteiger charge is -2.63. The molecule has 0 spiro atoms. The number of ether oxygens (including phenoxy) is 1. The number of carbonyl (C=O) groups is 4. The summed E-state index contributed by atoms with van der Waals surface area (Å²) in [6, 6.07) is 16.5. The molecule has 1 aliphatic carbocycles. The van der Waals surface area contributed by atoms with E-state index >= 15 is 0 Å². The molecule has 12 heteroatoms. The van der Waals surface area contributed by atoms with Crippen LogP contribution in [0.4, 0.5) is 11.4 Å². The molecule has 8 rings (SSSR count). The summed E-state index contributed by atoms with van der Waals surface area (Å²) in [6.45, 7) is 20.6. The van der Waals surface area contributed by atoms with Crippen LogP contribution in [0.1, 0.15) is 90.8 Å². The SMILES string of the molecule is [C-]#[N+]c1ccc(OC2C(C)(C)C(NC(=O)c3ccc(N4CCC(CN5Cc6cc7c(cc6C5)C(=O)N([C@H]5CCC(=O)NC5=O)C7)CC4)cc3)C2(C)C)cc1Cl. The van der Waals surface area contributed by atoms with Crippen LogP contribution in [0.25, 0.3) is 4.85 Å². The van der Waals surface area contributed by atoms with Gasteiger partial charge in [0.1, 0.15) is 17.9 Å². The fraction of sp³-hybridized carbons (Fsp3) is 0.465. The van der Waals surface area contributed by atoms with Gasteiger partial charge in [0.2, 0.25) is 17.5 Å². The number of imide groups is 1. The highest BCUT2D eigenvalue weighted by Gasteiger charge is 2.64. The van der Waals surface area contributed by atoms with Gasteiger partial charge in [-0.05, 0) is 84.3 Å². The number of piperidine rings is 2. The summed E-state index contributed by atoms with van der Waals surface area (Å²) in [5.41, 5.74) is 5.55. The first-order valence-corrected chi connectivity index (χ1v) is 19.6. The van der Waals surface area contributed by atoms with Crippen LogP contribution in [-0.4, -0.2) is 71.3 Å².